The summed E-state index contributed by atoms with van der Waals surface area (Å²) in [6.45, 7) is 4.10. The van der Waals surface area contributed by atoms with E-state index in [1.165, 1.54) is 4.88 Å². The van der Waals surface area contributed by atoms with E-state index >= 15 is 0 Å². The van der Waals surface area contributed by atoms with Crippen LogP contribution in [0.25, 0.3) is 0 Å². The van der Waals surface area contributed by atoms with Crippen LogP contribution in [0.5, 0.6) is 0 Å². The van der Waals surface area contributed by atoms with Crippen LogP contribution in [0.15, 0.2) is 24.3 Å². The molecule has 1 heterocycles. The molecule has 2 aromatic rings. The molecule has 4 heteroatoms. The van der Waals surface area contributed by atoms with Gasteiger partial charge < -0.3 is 5.32 Å². The van der Waals surface area contributed by atoms with Crippen molar-refractivity contribution in [3.63, 3.8) is 0 Å². The van der Waals surface area contributed by atoms with Crippen LogP contribution in [-0.4, -0.2) is 4.98 Å². The smallest absolute Gasteiger partial charge is 0.187 e. The van der Waals surface area contributed by atoms with Crippen LogP contribution < -0.4 is 5.32 Å². The molecule has 2 nitrogen and oxygen atoms in total. The van der Waals surface area contributed by atoms with Gasteiger partial charge in [-0.1, -0.05) is 12.1 Å². The van der Waals surface area contributed by atoms with Crippen molar-refractivity contribution in [1.82, 2.24) is 4.98 Å². The molecule has 2 rings (SSSR count). The Balaban J connectivity index is 2.14. The van der Waals surface area contributed by atoms with Crippen LogP contribution in [0.3, 0.4) is 0 Å². The molecule has 0 spiro atoms. The summed E-state index contributed by atoms with van der Waals surface area (Å²) >= 11 is 7.40. The first-order chi connectivity index (χ1) is 7.69. The number of hydrogen-bond donors (Lipinski definition) is 1. The van der Waals surface area contributed by atoms with E-state index in [-0.39, 0.29) is 0 Å². The van der Waals surface area contributed by atoms with Crippen molar-refractivity contribution in [2.24, 2.45) is 0 Å². The highest BCUT2D eigenvalue weighted by Gasteiger charge is 2.03. The standard InChI is InChI=1S/C12H13ClN2S/c1-8-9(2)16-12(14-8)15-11-5-3-10(7-13)4-6-11/h3-6H,7H2,1-2H3,(H,14,15). The van der Waals surface area contributed by atoms with Crippen LogP contribution in [0.4, 0.5) is 10.8 Å². The number of nitrogens with zero attached hydrogens (tertiary/aromatic N) is 1. The van der Waals surface area contributed by atoms with Gasteiger partial charge in [-0.3, -0.25) is 0 Å². The maximum Gasteiger partial charge on any atom is 0.187 e. The Morgan fingerprint density at radius 2 is 1.94 bits per heavy atom. The van der Waals surface area contributed by atoms with Gasteiger partial charge in [-0.15, -0.1) is 22.9 Å². The van der Waals surface area contributed by atoms with Crippen molar-refractivity contribution >= 4 is 33.8 Å². The first kappa shape index (κ1) is 11.4. The van der Waals surface area contributed by atoms with E-state index in [0.717, 1.165) is 22.1 Å². The minimum Gasteiger partial charge on any atom is -0.332 e. The number of alkyl halides is 1. The van der Waals surface area contributed by atoms with Gasteiger partial charge in [-0.25, -0.2) is 4.98 Å². The molecule has 0 amide bonds. The van der Waals surface area contributed by atoms with E-state index < -0.39 is 0 Å². The molecule has 1 aromatic carbocycles. The van der Waals surface area contributed by atoms with Gasteiger partial charge in [0.1, 0.15) is 0 Å². The number of aromatic nitrogens is 1. The molecule has 0 aliphatic heterocycles. The molecule has 84 valence electrons. The fourth-order valence-corrected chi connectivity index (χ4v) is 2.34. The molecule has 16 heavy (non-hydrogen) atoms. The minimum atomic E-state index is 0.551. The lowest BCUT2D eigenvalue weighted by Crippen LogP contribution is -1.89. The van der Waals surface area contributed by atoms with Crippen molar-refractivity contribution in [3.8, 4) is 0 Å². The second kappa shape index (κ2) is 4.85. The van der Waals surface area contributed by atoms with Gasteiger partial charge in [0, 0.05) is 16.4 Å². The molecule has 0 aliphatic carbocycles. The predicted molar refractivity (Wildman–Crippen MR) is 70.9 cm³/mol. The highest BCUT2D eigenvalue weighted by atomic mass is 35.5. The van der Waals surface area contributed by atoms with E-state index in [0.29, 0.717) is 5.88 Å². The largest absolute Gasteiger partial charge is 0.332 e. The topological polar surface area (TPSA) is 24.9 Å². The second-order valence-corrected chi connectivity index (χ2v) is 5.09. The molecule has 0 saturated carbocycles. The average Bonchev–Trinajstić information content (AvgIpc) is 2.59. The molecule has 0 atom stereocenters. The minimum absolute atomic E-state index is 0.551. The third-order valence-corrected chi connectivity index (χ3v) is 3.68. The van der Waals surface area contributed by atoms with Gasteiger partial charge in [0.05, 0.1) is 5.69 Å². The molecule has 0 saturated heterocycles. The molecule has 0 fully saturated rings. The lowest BCUT2D eigenvalue weighted by molar-refractivity contribution is 1.23. The van der Waals surface area contributed by atoms with Gasteiger partial charge in [0.25, 0.3) is 0 Å². The van der Waals surface area contributed by atoms with Crippen LogP contribution >= 0.6 is 22.9 Å². The van der Waals surface area contributed by atoms with Gasteiger partial charge in [-0.2, -0.15) is 0 Å². The second-order valence-electron chi connectivity index (χ2n) is 3.62. The molecule has 1 aromatic heterocycles. The zero-order valence-electron chi connectivity index (χ0n) is 9.25. The Hall–Kier alpha value is -1.06. The van der Waals surface area contributed by atoms with Crippen LogP contribution in [0.2, 0.25) is 0 Å². The van der Waals surface area contributed by atoms with Crippen molar-refractivity contribution in [2.45, 2.75) is 19.7 Å². The Morgan fingerprint density at radius 3 is 2.44 bits per heavy atom. The summed E-state index contributed by atoms with van der Waals surface area (Å²) in [6.07, 6.45) is 0. The fraction of sp³-hybridized carbons (Fsp3) is 0.250. The predicted octanol–water partition coefficient (Wildman–Crippen LogP) is 4.24. The number of hydrogen-bond acceptors (Lipinski definition) is 3. The summed E-state index contributed by atoms with van der Waals surface area (Å²) in [5.74, 6) is 0.551. The van der Waals surface area contributed by atoms with Gasteiger partial charge in [0.15, 0.2) is 5.13 Å². The fourth-order valence-electron chi connectivity index (χ4n) is 1.33. The first-order valence-electron chi connectivity index (χ1n) is 5.05. The van der Waals surface area contributed by atoms with E-state index in [1.807, 2.05) is 31.2 Å². The number of rotatable bonds is 3. The summed E-state index contributed by atoms with van der Waals surface area (Å²) in [5.41, 5.74) is 3.26. The lowest BCUT2D eigenvalue weighted by Gasteiger charge is -2.02. The number of nitrogens with one attached hydrogen (secondary N) is 1. The van der Waals surface area contributed by atoms with Crippen LogP contribution in [-0.2, 0) is 5.88 Å². The quantitative estimate of drug-likeness (QED) is 0.827. The van der Waals surface area contributed by atoms with Gasteiger partial charge >= 0.3 is 0 Å². The third kappa shape index (κ3) is 2.54. The Morgan fingerprint density at radius 1 is 1.25 bits per heavy atom. The average molecular weight is 253 g/mol. The Labute approximate surface area is 104 Å². The molecule has 0 unspecified atom stereocenters. The Kier molecular flexibility index (Phi) is 3.46. The summed E-state index contributed by atoms with van der Waals surface area (Å²) in [5, 5.41) is 4.22. The van der Waals surface area contributed by atoms with Crippen molar-refractivity contribution in [2.75, 3.05) is 5.32 Å². The summed E-state index contributed by atoms with van der Waals surface area (Å²) in [4.78, 5) is 5.68. The molecular weight excluding hydrogens is 240 g/mol. The van der Waals surface area contributed by atoms with E-state index in [1.54, 1.807) is 11.3 Å². The third-order valence-electron chi connectivity index (χ3n) is 2.39. The maximum absolute atomic E-state index is 5.73. The van der Waals surface area contributed by atoms with E-state index in [4.69, 9.17) is 11.6 Å². The SMILES string of the molecule is Cc1nc(Nc2ccc(CCl)cc2)sc1C. The van der Waals surface area contributed by atoms with Gasteiger partial charge in [0.2, 0.25) is 0 Å². The number of benzene rings is 1. The van der Waals surface area contributed by atoms with Crippen molar-refractivity contribution in [1.29, 1.82) is 0 Å². The number of thiazole rings is 1. The highest BCUT2D eigenvalue weighted by molar-refractivity contribution is 7.15. The van der Waals surface area contributed by atoms with Crippen LogP contribution in [0, 0.1) is 13.8 Å². The zero-order valence-corrected chi connectivity index (χ0v) is 10.8. The molecule has 1 N–H and O–H groups in total. The summed E-state index contributed by atoms with van der Waals surface area (Å²) in [6, 6.07) is 8.07. The number of anilines is 2. The summed E-state index contributed by atoms with van der Waals surface area (Å²) < 4.78 is 0. The summed E-state index contributed by atoms with van der Waals surface area (Å²) in [7, 11) is 0. The van der Waals surface area contributed by atoms with Gasteiger partial charge in [-0.05, 0) is 31.5 Å². The van der Waals surface area contributed by atoms with Crippen molar-refractivity contribution in [3.05, 3.63) is 40.4 Å². The number of aryl methyl sites for hydroxylation is 2. The van der Waals surface area contributed by atoms with Crippen molar-refractivity contribution < 1.29 is 0 Å². The first-order valence-corrected chi connectivity index (χ1v) is 6.40. The van der Waals surface area contributed by atoms with E-state index in [9.17, 15) is 0 Å². The molecule has 0 bridgehead atoms. The zero-order chi connectivity index (χ0) is 11.5. The normalized spacial score (nSPS) is 10.4. The van der Waals surface area contributed by atoms with E-state index in [2.05, 4.69) is 17.2 Å². The molecule has 0 aliphatic rings. The van der Waals surface area contributed by atoms with Crippen LogP contribution in [0.1, 0.15) is 16.1 Å². The lowest BCUT2D eigenvalue weighted by atomic mass is 10.2. The number of halogens is 1. The monoisotopic (exact) mass is 252 g/mol. The highest BCUT2D eigenvalue weighted by Crippen LogP contribution is 2.24. The Bertz CT molecular complexity index is 457. The molecular formula is C12H13ClN2S. The maximum atomic E-state index is 5.73. The molecule has 0 radical (unpaired) electrons.